The van der Waals surface area contributed by atoms with Gasteiger partial charge in [-0.05, 0) is 30.9 Å². The quantitative estimate of drug-likeness (QED) is 0.732. The van der Waals surface area contributed by atoms with E-state index in [0.29, 0.717) is 5.02 Å². The summed E-state index contributed by atoms with van der Waals surface area (Å²) in [7, 11) is 0. The van der Waals surface area contributed by atoms with Crippen LogP contribution in [-0.4, -0.2) is 23.8 Å². The van der Waals surface area contributed by atoms with Crippen LogP contribution in [0.3, 0.4) is 0 Å². The highest BCUT2D eigenvalue weighted by Gasteiger charge is 2.31. The molecular formula is C16H20ClN3O3. The molecule has 0 radical (unpaired) electrons. The molecule has 3 N–H and O–H groups in total. The maximum Gasteiger partial charge on any atom is 0.271 e. The van der Waals surface area contributed by atoms with Gasteiger partial charge in [0.1, 0.15) is 6.04 Å². The van der Waals surface area contributed by atoms with E-state index in [1.807, 2.05) is 0 Å². The van der Waals surface area contributed by atoms with Gasteiger partial charge in [-0.15, -0.1) is 0 Å². The standard InChI is InChI=1S/C16H20ClN3O3/c1-10(21)18-14(11-6-2-3-7-11)16(23)20-19-15(22)12-8-4-5-9-13(12)17/h4-5,8-9,11,14H,2-3,6-7H2,1H3,(H,18,21)(H,19,22)(H,20,23). The lowest BCUT2D eigenvalue weighted by atomic mass is 9.97. The molecule has 3 amide bonds. The molecule has 1 fully saturated rings. The van der Waals surface area contributed by atoms with Gasteiger partial charge in [-0.3, -0.25) is 25.2 Å². The third-order valence-corrected chi connectivity index (χ3v) is 4.26. The van der Waals surface area contributed by atoms with E-state index in [-0.39, 0.29) is 17.4 Å². The molecule has 1 saturated carbocycles. The van der Waals surface area contributed by atoms with E-state index in [4.69, 9.17) is 11.6 Å². The van der Waals surface area contributed by atoms with Crippen LogP contribution in [0.15, 0.2) is 24.3 Å². The van der Waals surface area contributed by atoms with Crippen LogP contribution in [0, 0.1) is 5.92 Å². The van der Waals surface area contributed by atoms with E-state index >= 15 is 0 Å². The van der Waals surface area contributed by atoms with Crippen LogP contribution >= 0.6 is 11.6 Å². The smallest absolute Gasteiger partial charge is 0.271 e. The van der Waals surface area contributed by atoms with Gasteiger partial charge in [0.15, 0.2) is 0 Å². The van der Waals surface area contributed by atoms with Crippen molar-refractivity contribution in [1.82, 2.24) is 16.2 Å². The van der Waals surface area contributed by atoms with Gasteiger partial charge < -0.3 is 5.32 Å². The summed E-state index contributed by atoms with van der Waals surface area (Å²) in [5, 5.41) is 2.97. The van der Waals surface area contributed by atoms with E-state index in [1.165, 1.54) is 6.92 Å². The highest BCUT2D eigenvalue weighted by molar-refractivity contribution is 6.33. The Morgan fingerprint density at radius 1 is 1.13 bits per heavy atom. The number of nitrogens with one attached hydrogen (secondary N) is 3. The van der Waals surface area contributed by atoms with Crippen molar-refractivity contribution in [2.75, 3.05) is 0 Å². The number of hydrazine groups is 1. The zero-order valence-electron chi connectivity index (χ0n) is 12.9. The van der Waals surface area contributed by atoms with Gasteiger partial charge in [-0.2, -0.15) is 0 Å². The molecule has 1 atom stereocenters. The van der Waals surface area contributed by atoms with Crippen molar-refractivity contribution in [2.45, 2.75) is 38.6 Å². The highest BCUT2D eigenvalue weighted by atomic mass is 35.5. The maximum absolute atomic E-state index is 12.3. The average molecular weight is 338 g/mol. The Hall–Kier alpha value is -2.08. The largest absolute Gasteiger partial charge is 0.344 e. The monoisotopic (exact) mass is 337 g/mol. The second-order valence-electron chi connectivity index (χ2n) is 5.65. The summed E-state index contributed by atoms with van der Waals surface area (Å²) < 4.78 is 0. The van der Waals surface area contributed by atoms with Crippen molar-refractivity contribution in [3.63, 3.8) is 0 Å². The van der Waals surface area contributed by atoms with Gasteiger partial charge in [0.25, 0.3) is 11.8 Å². The summed E-state index contributed by atoms with van der Waals surface area (Å²) in [5.74, 6) is -1.10. The summed E-state index contributed by atoms with van der Waals surface area (Å²) in [4.78, 5) is 35.7. The van der Waals surface area contributed by atoms with Gasteiger partial charge in [0, 0.05) is 6.92 Å². The van der Waals surface area contributed by atoms with Crippen molar-refractivity contribution in [1.29, 1.82) is 0 Å². The molecule has 1 aromatic carbocycles. The number of hydrogen-bond donors (Lipinski definition) is 3. The Morgan fingerprint density at radius 2 is 1.78 bits per heavy atom. The molecular weight excluding hydrogens is 318 g/mol. The average Bonchev–Trinajstić information content (AvgIpc) is 3.04. The zero-order valence-corrected chi connectivity index (χ0v) is 13.7. The van der Waals surface area contributed by atoms with Crippen molar-refractivity contribution < 1.29 is 14.4 Å². The Morgan fingerprint density at radius 3 is 2.39 bits per heavy atom. The van der Waals surface area contributed by atoms with Gasteiger partial charge in [-0.25, -0.2) is 0 Å². The zero-order chi connectivity index (χ0) is 16.8. The molecule has 7 heteroatoms. The highest BCUT2D eigenvalue weighted by Crippen LogP contribution is 2.27. The maximum atomic E-state index is 12.3. The van der Waals surface area contributed by atoms with Gasteiger partial charge >= 0.3 is 0 Å². The molecule has 0 saturated heterocycles. The van der Waals surface area contributed by atoms with Crippen LogP contribution in [0.1, 0.15) is 43.0 Å². The summed E-state index contributed by atoms with van der Waals surface area (Å²) in [6, 6.07) is 5.91. The molecule has 0 bridgehead atoms. The number of amides is 3. The Balaban J connectivity index is 1.97. The fourth-order valence-electron chi connectivity index (χ4n) is 2.82. The minimum Gasteiger partial charge on any atom is -0.344 e. The number of halogens is 1. The predicted molar refractivity (Wildman–Crippen MR) is 86.6 cm³/mol. The summed E-state index contributed by atoms with van der Waals surface area (Å²) in [5.41, 5.74) is 4.99. The fraction of sp³-hybridized carbons (Fsp3) is 0.438. The molecule has 23 heavy (non-hydrogen) atoms. The van der Waals surface area contributed by atoms with Crippen LogP contribution < -0.4 is 16.2 Å². The minimum atomic E-state index is -0.637. The molecule has 0 heterocycles. The van der Waals surface area contributed by atoms with Gasteiger partial charge in [-0.1, -0.05) is 36.6 Å². The van der Waals surface area contributed by atoms with E-state index < -0.39 is 17.9 Å². The van der Waals surface area contributed by atoms with Crippen molar-refractivity contribution in [2.24, 2.45) is 5.92 Å². The molecule has 0 aliphatic heterocycles. The summed E-state index contributed by atoms with van der Waals surface area (Å²) >= 11 is 5.94. The van der Waals surface area contributed by atoms with Crippen molar-refractivity contribution >= 4 is 29.3 Å². The van der Waals surface area contributed by atoms with Crippen LogP contribution in [0.5, 0.6) is 0 Å². The molecule has 1 aliphatic rings. The van der Waals surface area contributed by atoms with Crippen molar-refractivity contribution in [3.05, 3.63) is 34.9 Å². The Kier molecular flexibility index (Phi) is 5.98. The molecule has 0 aromatic heterocycles. The van der Waals surface area contributed by atoms with Crippen LogP contribution in [-0.2, 0) is 9.59 Å². The lowest BCUT2D eigenvalue weighted by Crippen LogP contribution is -2.54. The molecule has 1 aromatic rings. The van der Waals surface area contributed by atoms with Crippen molar-refractivity contribution in [3.8, 4) is 0 Å². The molecule has 6 nitrogen and oxygen atoms in total. The van der Waals surface area contributed by atoms with Crippen LogP contribution in [0.4, 0.5) is 0 Å². The Labute approximate surface area is 139 Å². The normalized spacial score (nSPS) is 15.7. The third-order valence-electron chi connectivity index (χ3n) is 3.93. The molecule has 1 aliphatic carbocycles. The second-order valence-corrected chi connectivity index (χ2v) is 6.05. The SMILES string of the molecule is CC(=O)NC(C(=O)NNC(=O)c1ccccc1Cl)C1CCCC1. The lowest BCUT2D eigenvalue weighted by molar-refractivity contribution is -0.129. The first-order valence-electron chi connectivity index (χ1n) is 7.61. The number of rotatable bonds is 4. The first-order chi connectivity index (χ1) is 11.0. The fourth-order valence-corrected chi connectivity index (χ4v) is 3.04. The molecule has 0 spiro atoms. The van der Waals surface area contributed by atoms with E-state index in [1.54, 1.807) is 24.3 Å². The van der Waals surface area contributed by atoms with E-state index in [9.17, 15) is 14.4 Å². The van der Waals surface area contributed by atoms with E-state index in [0.717, 1.165) is 25.7 Å². The molecule has 124 valence electrons. The third kappa shape index (κ3) is 4.69. The second kappa shape index (κ2) is 7.97. The minimum absolute atomic E-state index is 0.0936. The lowest BCUT2D eigenvalue weighted by Gasteiger charge is -2.23. The number of carbonyl (C=O) groups excluding carboxylic acids is 3. The molecule has 1 unspecified atom stereocenters. The summed E-state index contributed by atoms with van der Waals surface area (Å²) in [6.45, 7) is 1.37. The predicted octanol–water partition coefficient (Wildman–Crippen LogP) is 1.80. The molecule has 2 rings (SSSR count). The summed E-state index contributed by atoms with van der Waals surface area (Å²) in [6.07, 6.45) is 3.85. The number of hydrogen-bond acceptors (Lipinski definition) is 3. The van der Waals surface area contributed by atoms with Gasteiger partial charge in [0.2, 0.25) is 5.91 Å². The van der Waals surface area contributed by atoms with Crippen LogP contribution in [0.2, 0.25) is 5.02 Å². The first kappa shape index (κ1) is 17.3. The number of carbonyl (C=O) groups is 3. The topological polar surface area (TPSA) is 87.3 Å². The first-order valence-corrected chi connectivity index (χ1v) is 7.98. The van der Waals surface area contributed by atoms with Crippen LogP contribution in [0.25, 0.3) is 0 Å². The Bertz CT molecular complexity index is 600. The van der Waals surface area contributed by atoms with E-state index in [2.05, 4.69) is 16.2 Å². The number of benzene rings is 1. The van der Waals surface area contributed by atoms with Gasteiger partial charge in [0.05, 0.1) is 10.6 Å².